The van der Waals surface area contributed by atoms with Crippen LogP contribution in [0.2, 0.25) is 0 Å². The van der Waals surface area contributed by atoms with Gasteiger partial charge in [0.2, 0.25) is 0 Å². The molecule has 0 saturated carbocycles. The van der Waals surface area contributed by atoms with Gasteiger partial charge in [0.15, 0.2) is 6.10 Å². The SMILES string of the molecule is C[C@H](OC(=O)C[C@@H](C)c1ccccc1)C(=O)Nc1ccccc1OC(F)F. The monoisotopic (exact) mass is 377 g/mol. The Hall–Kier alpha value is -2.96. The first kappa shape index (κ1) is 20.4. The van der Waals surface area contributed by atoms with E-state index in [0.717, 1.165) is 5.56 Å². The summed E-state index contributed by atoms with van der Waals surface area (Å²) in [5.41, 5.74) is 1.06. The van der Waals surface area contributed by atoms with Gasteiger partial charge < -0.3 is 14.8 Å². The van der Waals surface area contributed by atoms with E-state index in [1.54, 1.807) is 6.07 Å². The number of ether oxygens (including phenoxy) is 2. The van der Waals surface area contributed by atoms with Gasteiger partial charge in [0.1, 0.15) is 5.75 Å². The Bertz CT molecular complexity index is 768. The van der Waals surface area contributed by atoms with Crippen LogP contribution in [0.5, 0.6) is 5.75 Å². The van der Waals surface area contributed by atoms with Gasteiger partial charge in [-0.05, 0) is 30.5 Å². The van der Waals surface area contributed by atoms with Gasteiger partial charge >= 0.3 is 12.6 Å². The molecule has 0 heterocycles. The third kappa shape index (κ3) is 6.36. The summed E-state index contributed by atoms with van der Waals surface area (Å²) >= 11 is 0. The lowest BCUT2D eigenvalue weighted by molar-refractivity contribution is -0.153. The first-order valence-corrected chi connectivity index (χ1v) is 8.46. The molecule has 144 valence electrons. The number of halogens is 2. The van der Waals surface area contributed by atoms with E-state index in [1.165, 1.54) is 25.1 Å². The van der Waals surface area contributed by atoms with Crippen LogP contribution in [-0.4, -0.2) is 24.6 Å². The minimum absolute atomic E-state index is 0.0610. The molecule has 5 nitrogen and oxygen atoms in total. The Kier molecular flexibility index (Phi) is 7.28. The van der Waals surface area contributed by atoms with E-state index in [4.69, 9.17) is 4.74 Å². The highest BCUT2D eigenvalue weighted by Gasteiger charge is 2.21. The summed E-state index contributed by atoms with van der Waals surface area (Å²) < 4.78 is 34.4. The molecule has 0 spiro atoms. The molecule has 27 heavy (non-hydrogen) atoms. The number of benzene rings is 2. The Labute approximate surface area is 156 Å². The number of rotatable bonds is 8. The number of alkyl halides is 2. The molecule has 2 rings (SSSR count). The number of esters is 1. The molecule has 1 N–H and O–H groups in total. The van der Waals surface area contributed by atoms with Crippen LogP contribution in [-0.2, 0) is 14.3 Å². The van der Waals surface area contributed by atoms with Crippen LogP contribution in [0.1, 0.15) is 31.7 Å². The molecule has 0 aliphatic rings. The lowest BCUT2D eigenvalue weighted by Crippen LogP contribution is -2.30. The maximum absolute atomic E-state index is 12.4. The molecule has 1 amide bonds. The summed E-state index contributed by atoms with van der Waals surface area (Å²) in [5.74, 6) is -1.39. The second-order valence-corrected chi connectivity index (χ2v) is 6.01. The van der Waals surface area contributed by atoms with Crippen LogP contribution in [0.3, 0.4) is 0 Å². The first-order valence-electron chi connectivity index (χ1n) is 8.46. The highest BCUT2D eigenvalue weighted by Crippen LogP contribution is 2.26. The second-order valence-electron chi connectivity index (χ2n) is 6.01. The van der Waals surface area contributed by atoms with Crippen LogP contribution in [0.4, 0.5) is 14.5 Å². The van der Waals surface area contributed by atoms with Crippen LogP contribution in [0.25, 0.3) is 0 Å². The molecule has 2 atom stereocenters. The van der Waals surface area contributed by atoms with Crippen molar-refractivity contribution in [3.63, 3.8) is 0 Å². The summed E-state index contributed by atoms with van der Waals surface area (Å²) in [4.78, 5) is 24.3. The van der Waals surface area contributed by atoms with E-state index in [-0.39, 0.29) is 23.8 Å². The van der Waals surface area contributed by atoms with Crippen molar-refractivity contribution in [2.45, 2.75) is 38.9 Å². The summed E-state index contributed by atoms with van der Waals surface area (Å²) in [6.07, 6.45) is -0.965. The smallest absolute Gasteiger partial charge is 0.387 e. The van der Waals surface area contributed by atoms with Gasteiger partial charge in [-0.3, -0.25) is 9.59 Å². The maximum Gasteiger partial charge on any atom is 0.387 e. The lowest BCUT2D eigenvalue weighted by atomic mass is 9.98. The van der Waals surface area contributed by atoms with Crippen molar-refractivity contribution in [2.75, 3.05) is 5.32 Å². The fourth-order valence-corrected chi connectivity index (χ4v) is 2.45. The van der Waals surface area contributed by atoms with Crippen LogP contribution in [0, 0.1) is 0 Å². The van der Waals surface area contributed by atoms with E-state index in [9.17, 15) is 18.4 Å². The third-order valence-electron chi connectivity index (χ3n) is 3.88. The zero-order valence-electron chi connectivity index (χ0n) is 15.0. The molecular weight excluding hydrogens is 356 g/mol. The average molecular weight is 377 g/mol. The third-order valence-corrected chi connectivity index (χ3v) is 3.88. The van der Waals surface area contributed by atoms with Crippen molar-refractivity contribution in [1.82, 2.24) is 0 Å². The molecule has 0 radical (unpaired) electrons. The molecule has 0 aromatic heterocycles. The average Bonchev–Trinajstić information content (AvgIpc) is 2.63. The molecule has 0 fully saturated rings. The van der Waals surface area contributed by atoms with Crippen LogP contribution in [0.15, 0.2) is 54.6 Å². The Morgan fingerprint density at radius 1 is 1.00 bits per heavy atom. The number of amides is 1. The zero-order chi connectivity index (χ0) is 19.8. The van der Waals surface area contributed by atoms with Crippen LogP contribution >= 0.6 is 0 Å². The van der Waals surface area contributed by atoms with E-state index in [2.05, 4.69) is 10.1 Å². The summed E-state index contributed by atoms with van der Waals surface area (Å²) in [7, 11) is 0. The normalized spacial score (nSPS) is 12.9. The standard InChI is InChI=1S/C20H21F2NO4/c1-13(15-8-4-3-5-9-15)12-18(24)26-14(2)19(25)23-16-10-6-7-11-17(16)27-20(21)22/h3-11,13-14,20H,12H2,1-2H3,(H,23,25)/t13-,14+/m1/s1. The number of carbonyl (C=O) groups excluding carboxylic acids is 2. The summed E-state index contributed by atoms with van der Waals surface area (Å²) in [5, 5.41) is 2.43. The molecule has 7 heteroatoms. The highest BCUT2D eigenvalue weighted by molar-refractivity contribution is 5.96. The van der Waals surface area contributed by atoms with Gasteiger partial charge in [-0.1, -0.05) is 49.4 Å². The Morgan fingerprint density at radius 3 is 2.30 bits per heavy atom. The van der Waals surface area contributed by atoms with E-state index in [1.807, 2.05) is 37.3 Å². The van der Waals surface area contributed by atoms with Gasteiger partial charge in [0, 0.05) is 0 Å². The van der Waals surface area contributed by atoms with Gasteiger partial charge in [0.25, 0.3) is 5.91 Å². The number of hydrogen-bond donors (Lipinski definition) is 1. The van der Waals surface area contributed by atoms with Gasteiger partial charge in [-0.15, -0.1) is 0 Å². The highest BCUT2D eigenvalue weighted by atomic mass is 19.3. The lowest BCUT2D eigenvalue weighted by Gasteiger charge is -2.17. The molecule has 0 aliphatic heterocycles. The van der Waals surface area contributed by atoms with E-state index in [0.29, 0.717) is 0 Å². The minimum atomic E-state index is -3.02. The predicted molar refractivity (Wildman–Crippen MR) is 96.7 cm³/mol. The fraction of sp³-hybridized carbons (Fsp3) is 0.300. The number of para-hydroxylation sites is 2. The van der Waals surface area contributed by atoms with Crippen molar-refractivity contribution >= 4 is 17.6 Å². The quantitative estimate of drug-likeness (QED) is 0.695. The molecule has 2 aromatic carbocycles. The maximum atomic E-state index is 12.4. The largest absolute Gasteiger partial charge is 0.453 e. The van der Waals surface area contributed by atoms with Crippen molar-refractivity contribution in [1.29, 1.82) is 0 Å². The number of carbonyl (C=O) groups is 2. The van der Waals surface area contributed by atoms with E-state index < -0.39 is 24.6 Å². The van der Waals surface area contributed by atoms with Crippen molar-refractivity contribution in [3.8, 4) is 5.75 Å². The fourth-order valence-electron chi connectivity index (χ4n) is 2.45. The second kappa shape index (κ2) is 9.66. The first-order chi connectivity index (χ1) is 12.9. The van der Waals surface area contributed by atoms with Gasteiger partial charge in [-0.25, -0.2) is 0 Å². The number of anilines is 1. The molecular formula is C20H21F2NO4. The Morgan fingerprint density at radius 2 is 1.63 bits per heavy atom. The Balaban J connectivity index is 1.91. The zero-order valence-corrected chi connectivity index (χ0v) is 15.0. The van der Waals surface area contributed by atoms with Gasteiger partial charge in [-0.2, -0.15) is 8.78 Å². The predicted octanol–water partition coefficient (Wildman–Crippen LogP) is 4.35. The molecule has 0 bridgehead atoms. The van der Waals surface area contributed by atoms with Gasteiger partial charge in [0.05, 0.1) is 12.1 Å². The van der Waals surface area contributed by atoms with Crippen molar-refractivity contribution < 1.29 is 27.8 Å². The minimum Gasteiger partial charge on any atom is -0.453 e. The molecule has 0 unspecified atom stereocenters. The molecule has 0 saturated heterocycles. The van der Waals surface area contributed by atoms with Crippen molar-refractivity contribution in [2.24, 2.45) is 0 Å². The number of nitrogens with one attached hydrogen (secondary N) is 1. The van der Waals surface area contributed by atoms with E-state index >= 15 is 0 Å². The topological polar surface area (TPSA) is 64.6 Å². The summed E-state index contributed by atoms with van der Waals surface area (Å²) in [6, 6.07) is 15.3. The van der Waals surface area contributed by atoms with Crippen LogP contribution < -0.4 is 10.1 Å². The summed E-state index contributed by atoms with van der Waals surface area (Å²) in [6.45, 7) is 0.286. The number of hydrogen-bond acceptors (Lipinski definition) is 4. The van der Waals surface area contributed by atoms with Crippen molar-refractivity contribution in [3.05, 3.63) is 60.2 Å². The molecule has 0 aliphatic carbocycles. The molecule has 2 aromatic rings.